The van der Waals surface area contributed by atoms with Gasteiger partial charge in [0.25, 0.3) is 0 Å². The molecule has 0 amide bonds. The minimum absolute atomic E-state index is 0.175. The van der Waals surface area contributed by atoms with Gasteiger partial charge < -0.3 is 15.6 Å². The molecule has 5 aromatic heterocycles. The number of rotatable bonds is 4. The van der Waals surface area contributed by atoms with E-state index in [0.717, 1.165) is 57.8 Å². The zero-order valence-corrected chi connectivity index (χ0v) is 19.0. The van der Waals surface area contributed by atoms with E-state index in [9.17, 15) is 4.39 Å². The second kappa shape index (κ2) is 7.92. The summed E-state index contributed by atoms with van der Waals surface area (Å²) in [6.07, 6.45) is 6.94. The fraction of sp³-hybridized carbons (Fsp3) is 0.115. The molecule has 10 heteroatoms. The lowest BCUT2D eigenvalue weighted by Crippen LogP contribution is -2.56. The predicted molar refractivity (Wildman–Crippen MR) is 136 cm³/mol. The van der Waals surface area contributed by atoms with E-state index in [2.05, 4.69) is 35.0 Å². The molecule has 1 aromatic carbocycles. The maximum atomic E-state index is 13.9. The largest absolute Gasteiger partial charge is 0.352 e. The number of nitrogens with one attached hydrogen (secondary N) is 2. The van der Waals surface area contributed by atoms with Gasteiger partial charge in [0.2, 0.25) is 0 Å². The minimum atomic E-state index is -0.283. The molecule has 9 nitrogen and oxygen atoms in total. The van der Waals surface area contributed by atoms with E-state index in [1.165, 1.54) is 12.1 Å². The molecule has 0 spiro atoms. The fourth-order valence-corrected chi connectivity index (χ4v) is 4.66. The summed E-state index contributed by atoms with van der Waals surface area (Å²) in [7, 11) is 0. The molecule has 0 aliphatic carbocycles. The van der Waals surface area contributed by atoms with Crippen LogP contribution in [0.1, 0.15) is 0 Å². The maximum absolute atomic E-state index is 13.9. The van der Waals surface area contributed by atoms with Crippen LogP contribution in [0.3, 0.4) is 0 Å². The Morgan fingerprint density at radius 3 is 2.72 bits per heavy atom. The molecule has 1 aliphatic heterocycles. The van der Waals surface area contributed by atoms with Crippen LogP contribution in [-0.4, -0.2) is 54.2 Å². The standard InChI is InChI=1S/C26H20FN9/c27-16-3-1-2-14(6-16)18-4-5-30-25-19(18)8-21(33-25)24-20-7-15(9-31-26(20)35-34-24)22-10-29-11-23(32-22)36-12-17(28)13-36/h1-11,17H,12-13,28H2,(H,30,33)(H,31,34,35). The lowest BCUT2D eigenvalue weighted by molar-refractivity contribution is 0.514. The Bertz CT molecular complexity index is 1750. The van der Waals surface area contributed by atoms with Gasteiger partial charge in [-0.15, -0.1) is 0 Å². The van der Waals surface area contributed by atoms with Crippen molar-refractivity contribution in [3.63, 3.8) is 0 Å². The SMILES string of the molecule is NC1CN(c2cncc(-c3cnc4[nH]nc(-c5cc6c(-c7cccc(F)c7)ccnc6[nH]5)c4c3)n2)C1. The van der Waals surface area contributed by atoms with E-state index < -0.39 is 0 Å². The first-order valence-electron chi connectivity index (χ1n) is 11.5. The Hall–Kier alpha value is -4.70. The molecule has 0 atom stereocenters. The molecule has 0 saturated carbocycles. The maximum Gasteiger partial charge on any atom is 0.155 e. The Balaban J connectivity index is 1.31. The third-order valence-electron chi connectivity index (χ3n) is 6.49. The normalized spacial score (nSPS) is 14.0. The molecule has 7 rings (SSSR count). The summed E-state index contributed by atoms with van der Waals surface area (Å²) < 4.78 is 13.9. The number of nitrogens with zero attached hydrogens (tertiary/aromatic N) is 6. The number of halogens is 1. The lowest BCUT2D eigenvalue weighted by Gasteiger charge is -2.37. The average Bonchev–Trinajstić information content (AvgIpc) is 3.50. The monoisotopic (exact) mass is 477 g/mol. The van der Waals surface area contributed by atoms with Crippen LogP contribution in [0.2, 0.25) is 0 Å². The molecule has 1 saturated heterocycles. The number of hydrogen-bond donors (Lipinski definition) is 3. The van der Waals surface area contributed by atoms with Gasteiger partial charge in [-0.2, -0.15) is 5.10 Å². The van der Waals surface area contributed by atoms with Crippen molar-refractivity contribution in [3.05, 3.63) is 73.1 Å². The highest BCUT2D eigenvalue weighted by molar-refractivity contribution is 5.99. The third-order valence-corrected chi connectivity index (χ3v) is 6.49. The molecule has 1 fully saturated rings. The van der Waals surface area contributed by atoms with E-state index in [1.54, 1.807) is 30.9 Å². The Kier molecular flexibility index (Phi) is 4.55. The summed E-state index contributed by atoms with van der Waals surface area (Å²) in [4.78, 5) is 23.6. The van der Waals surface area contributed by atoms with Crippen LogP contribution in [0.5, 0.6) is 0 Å². The highest BCUT2D eigenvalue weighted by atomic mass is 19.1. The summed E-state index contributed by atoms with van der Waals surface area (Å²) in [5.41, 5.74) is 12.0. The molecule has 0 radical (unpaired) electrons. The van der Waals surface area contributed by atoms with Gasteiger partial charge in [-0.3, -0.25) is 10.1 Å². The van der Waals surface area contributed by atoms with E-state index in [1.807, 2.05) is 24.3 Å². The number of aromatic nitrogens is 7. The Morgan fingerprint density at radius 2 is 1.86 bits per heavy atom. The number of pyridine rings is 2. The van der Waals surface area contributed by atoms with E-state index >= 15 is 0 Å². The van der Waals surface area contributed by atoms with Gasteiger partial charge in [-0.25, -0.2) is 19.3 Å². The van der Waals surface area contributed by atoms with Crippen molar-refractivity contribution in [1.82, 2.24) is 35.1 Å². The van der Waals surface area contributed by atoms with E-state index in [-0.39, 0.29) is 11.9 Å². The van der Waals surface area contributed by atoms with Crippen molar-refractivity contribution in [2.45, 2.75) is 6.04 Å². The molecule has 0 bridgehead atoms. The van der Waals surface area contributed by atoms with Crippen molar-refractivity contribution in [3.8, 4) is 33.8 Å². The first kappa shape index (κ1) is 20.7. The third kappa shape index (κ3) is 3.38. The van der Waals surface area contributed by atoms with E-state index in [4.69, 9.17) is 10.7 Å². The van der Waals surface area contributed by atoms with Gasteiger partial charge in [0.05, 0.1) is 23.8 Å². The van der Waals surface area contributed by atoms with Gasteiger partial charge in [-0.1, -0.05) is 12.1 Å². The molecule has 1 aliphatic rings. The molecular weight excluding hydrogens is 457 g/mol. The second-order valence-electron chi connectivity index (χ2n) is 8.93. The van der Waals surface area contributed by atoms with Crippen molar-refractivity contribution in [2.75, 3.05) is 18.0 Å². The predicted octanol–water partition coefficient (Wildman–Crippen LogP) is 3.91. The van der Waals surface area contributed by atoms with Gasteiger partial charge in [0.15, 0.2) is 5.65 Å². The lowest BCUT2D eigenvalue weighted by atomic mass is 10.0. The van der Waals surface area contributed by atoms with Crippen LogP contribution in [0.15, 0.2) is 67.3 Å². The topological polar surface area (TPSA) is 125 Å². The molecule has 36 heavy (non-hydrogen) atoms. The summed E-state index contributed by atoms with van der Waals surface area (Å²) >= 11 is 0. The van der Waals surface area contributed by atoms with Crippen molar-refractivity contribution in [2.24, 2.45) is 5.73 Å². The number of nitrogens with two attached hydrogens (primary N) is 1. The van der Waals surface area contributed by atoms with Crippen molar-refractivity contribution < 1.29 is 4.39 Å². The first-order chi connectivity index (χ1) is 17.6. The quantitative estimate of drug-likeness (QED) is 0.351. The molecular formula is C26H20FN9. The van der Waals surface area contributed by atoms with Crippen LogP contribution in [0, 0.1) is 5.82 Å². The molecule has 176 valence electrons. The van der Waals surface area contributed by atoms with Crippen LogP contribution in [-0.2, 0) is 0 Å². The van der Waals surface area contributed by atoms with Crippen LogP contribution < -0.4 is 10.6 Å². The number of aromatic amines is 2. The van der Waals surface area contributed by atoms with Crippen molar-refractivity contribution in [1.29, 1.82) is 0 Å². The zero-order chi connectivity index (χ0) is 24.2. The number of hydrogen-bond acceptors (Lipinski definition) is 7. The molecule has 6 aromatic rings. The van der Waals surface area contributed by atoms with Crippen molar-refractivity contribution >= 4 is 27.9 Å². The Morgan fingerprint density at radius 1 is 0.944 bits per heavy atom. The number of anilines is 1. The summed E-state index contributed by atoms with van der Waals surface area (Å²) in [5.74, 6) is 0.516. The minimum Gasteiger partial charge on any atom is -0.352 e. The Labute approximate surface area is 204 Å². The van der Waals surface area contributed by atoms with Gasteiger partial charge in [-0.05, 0) is 41.5 Å². The van der Waals surface area contributed by atoms with Gasteiger partial charge in [0.1, 0.15) is 23.0 Å². The van der Waals surface area contributed by atoms with Crippen LogP contribution in [0.4, 0.5) is 10.2 Å². The van der Waals surface area contributed by atoms with Gasteiger partial charge >= 0.3 is 0 Å². The fourth-order valence-electron chi connectivity index (χ4n) is 4.66. The highest BCUT2D eigenvalue weighted by Crippen LogP contribution is 2.34. The van der Waals surface area contributed by atoms with Gasteiger partial charge in [0, 0.05) is 47.9 Å². The summed E-state index contributed by atoms with van der Waals surface area (Å²) in [6.45, 7) is 1.54. The number of fused-ring (bicyclic) bond motifs is 2. The average molecular weight is 478 g/mol. The number of benzene rings is 1. The second-order valence-corrected chi connectivity index (χ2v) is 8.93. The highest BCUT2D eigenvalue weighted by Gasteiger charge is 2.25. The van der Waals surface area contributed by atoms with Crippen LogP contribution in [0.25, 0.3) is 55.8 Å². The first-order valence-corrected chi connectivity index (χ1v) is 11.5. The van der Waals surface area contributed by atoms with Crippen LogP contribution >= 0.6 is 0 Å². The number of H-pyrrole nitrogens is 2. The summed E-state index contributed by atoms with van der Waals surface area (Å²) in [6, 6.07) is 12.6. The zero-order valence-electron chi connectivity index (χ0n) is 19.0. The van der Waals surface area contributed by atoms with E-state index in [0.29, 0.717) is 17.0 Å². The molecule has 6 heterocycles. The summed E-state index contributed by atoms with van der Waals surface area (Å²) in [5, 5.41) is 9.25. The molecule has 0 unspecified atom stereocenters. The molecule has 4 N–H and O–H groups in total. The smallest absolute Gasteiger partial charge is 0.155 e.